The smallest absolute Gasteiger partial charge is 0.223 e. The summed E-state index contributed by atoms with van der Waals surface area (Å²) in [6.45, 7) is 3.25. The molecule has 1 N–H and O–H groups in total. The number of methoxy groups -OCH3 is 1. The number of benzene rings is 2. The van der Waals surface area contributed by atoms with Crippen molar-refractivity contribution in [1.29, 1.82) is 0 Å². The average Bonchev–Trinajstić information content (AvgIpc) is 2.71. The molecule has 6 heteroatoms. The number of nitrogens with one attached hydrogen (secondary N) is 1. The van der Waals surface area contributed by atoms with Gasteiger partial charge in [-0.2, -0.15) is 0 Å². The number of likely N-dealkylation sites (tertiary alicyclic amines) is 1. The van der Waals surface area contributed by atoms with Crippen molar-refractivity contribution in [3.05, 3.63) is 63.6 Å². The van der Waals surface area contributed by atoms with Gasteiger partial charge in [0.1, 0.15) is 5.75 Å². The molecular weight excluding hydrogens is 395 g/mol. The van der Waals surface area contributed by atoms with E-state index in [2.05, 4.69) is 10.2 Å². The maximum Gasteiger partial charge on any atom is 0.223 e. The number of carbonyl (C=O) groups is 1. The van der Waals surface area contributed by atoms with Crippen molar-refractivity contribution in [3.63, 3.8) is 0 Å². The molecule has 1 aliphatic heterocycles. The van der Waals surface area contributed by atoms with Gasteiger partial charge in [-0.05, 0) is 67.7 Å². The minimum absolute atomic E-state index is 0.0906. The van der Waals surface area contributed by atoms with Gasteiger partial charge in [0.05, 0.1) is 7.11 Å². The molecule has 1 heterocycles. The van der Waals surface area contributed by atoms with E-state index in [1.54, 1.807) is 13.2 Å². The number of nitrogens with zero attached hydrogens (tertiary/aromatic N) is 1. The van der Waals surface area contributed by atoms with Crippen molar-refractivity contribution >= 4 is 29.1 Å². The van der Waals surface area contributed by atoms with Gasteiger partial charge in [-0.25, -0.2) is 0 Å². The van der Waals surface area contributed by atoms with Crippen LogP contribution in [0.4, 0.5) is 0 Å². The Hall–Kier alpha value is -1.75. The highest BCUT2D eigenvalue weighted by Gasteiger charge is 2.25. The number of hydrogen-bond donors (Lipinski definition) is 1. The summed E-state index contributed by atoms with van der Waals surface area (Å²) in [5, 5.41) is 4.44. The Kier molecular flexibility index (Phi) is 7.60. The van der Waals surface area contributed by atoms with Crippen molar-refractivity contribution in [1.82, 2.24) is 10.2 Å². The molecule has 3 rings (SSSR count). The van der Waals surface area contributed by atoms with Gasteiger partial charge in [0.2, 0.25) is 5.91 Å². The molecule has 28 heavy (non-hydrogen) atoms. The maximum absolute atomic E-state index is 12.5. The molecule has 0 unspecified atom stereocenters. The van der Waals surface area contributed by atoms with E-state index in [1.807, 2.05) is 36.4 Å². The molecule has 2 aromatic rings. The molecule has 0 radical (unpaired) electrons. The van der Waals surface area contributed by atoms with Crippen LogP contribution in [0.2, 0.25) is 10.0 Å². The van der Waals surface area contributed by atoms with Gasteiger partial charge in [-0.1, -0.05) is 41.4 Å². The molecule has 0 aliphatic carbocycles. The van der Waals surface area contributed by atoms with E-state index in [1.165, 1.54) is 5.56 Å². The number of ether oxygens (including phenoxy) is 1. The first-order chi connectivity index (χ1) is 13.5. The first-order valence-electron chi connectivity index (χ1n) is 9.62. The van der Waals surface area contributed by atoms with E-state index in [9.17, 15) is 4.79 Å². The first-order valence-corrected chi connectivity index (χ1v) is 10.4. The van der Waals surface area contributed by atoms with Crippen LogP contribution in [0.1, 0.15) is 24.0 Å². The van der Waals surface area contributed by atoms with Crippen LogP contribution < -0.4 is 10.1 Å². The van der Waals surface area contributed by atoms with Crippen LogP contribution in [-0.2, 0) is 17.8 Å². The molecule has 0 bridgehead atoms. The van der Waals surface area contributed by atoms with E-state index < -0.39 is 0 Å². The molecule has 1 saturated heterocycles. The lowest BCUT2D eigenvalue weighted by molar-refractivity contribution is -0.126. The van der Waals surface area contributed by atoms with Gasteiger partial charge in [-0.3, -0.25) is 9.69 Å². The van der Waals surface area contributed by atoms with E-state index in [4.69, 9.17) is 27.9 Å². The van der Waals surface area contributed by atoms with Crippen LogP contribution in [0.3, 0.4) is 0 Å². The zero-order valence-electron chi connectivity index (χ0n) is 16.1. The van der Waals surface area contributed by atoms with Gasteiger partial charge < -0.3 is 10.1 Å². The third-order valence-corrected chi connectivity index (χ3v) is 5.83. The monoisotopic (exact) mass is 420 g/mol. The van der Waals surface area contributed by atoms with Gasteiger partial charge in [0.15, 0.2) is 0 Å². The molecule has 0 atom stereocenters. The normalized spacial score (nSPS) is 15.4. The lowest BCUT2D eigenvalue weighted by atomic mass is 9.95. The van der Waals surface area contributed by atoms with Crippen LogP contribution in [0.15, 0.2) is 42.5 Å². The van der Waals surface area contributed by atoms with Crippen LogP contribution in [-0.4, -0.2) is 37.6 Å². The molecule has 0 aromatic heterocycles. The topological polar surface area (TPSA) is 41.6 Å². The Morgan fingerprint density at radius 2 is 1.86 bits per heavy atom. The van der Waals surface area contributed by atoms with Crippen LogP contribution in [0.5, 0.6) is 5.75 Å². The van der Waals surface area contributed by atoms with Crippen molar-refractivity contribution in [2.24, 2.45) is 5.92 Å². The van der Waals surface area contributed by atoms with Gasteiger partial charge in [-0.15, -0.1) is 0 Å². The molecule has 0 spiro atoms. The Bertz CT molecular complexity index is 788. The largest absolute Gasteiger partial charge is 0.497 e. The van der Waals surface area contributed by atoms with Crippen molar-refractivity contribution in [2.75, 3.05) is 26.7 Å². The fourth-order valence-electron chi connectivity index (χ4n) is 3.51. The molecule has 1 aliphatic rings. The number of hydrogen-bond acceptors (Lipinski definition) is 3. The Morgan fingerprint density at radius 3 is 2.50 bits per heavy atom. The number of halogens is 2. The van der Waals surface area contributed by atoms with Crippen molar-refractivity contribution in [2.45, 2.75) is 25.8 Å². The third kappa shape index (κ3) is 5.87. The molecule has 1 amide bonds. The second-order valence-electron chi connectivity index (χ2n) is 7.18. The first kappa shape index (κ1) is 21.0. The summed E-state index contributed by atoms with van der Waals surface area (Å²) in [5.74, 6) is 1.10. The highest BCUT2D eigenvalue weighted by Crippen LogP contribution is 2.25. The highest BCUT2D eigenvalue weighted by atomic mass is 35.5. The van der Waals surface area contributed by atoms with E-state index >= 15 is 0 Å². The molecule has 1 fully saturated rings. The summed E-state index contributed by atoms with van der Waals surface area (Å²) < 4.78 is 5.16. The molecule has 0 saturated carbocycles. The summed E-state index contributed by atoms with van der Waals surface area (Å²) in [6.07, 6.45) is 2.57. The standard InChI is InChI=1S/C22H26Cl2N2O2/c1-28-20-6-2-16(3-7-20)8-11-25-22(27)17-9-12-26(13-10-17)15-18-4-5-19(23)14-21(18)24/h2-7,14,17H,8-13,15H2,1H3,(H,25,27). The van der Waals surface area contributed by atoms with E-state index in [-0.39, 0.29) is 11.8 Å². The summed E-state index contributed by atoms with van der Waals surface area (Å²) in [5.41, 5.74) is 2.27. The third-order valence-electron chi connectivity index (χ3n) is 5.24. The molecular formula is C22H26Cl2N2O2. The van der Waals surface area contributed by atoms with Crippen molar-refractivity contribution < 1.29 is 9.53 Å². The Labute approximate surface area is 176 Å². The average molecular weight is 421 g/mol. The minimum atomic E-state index is 0.0906. The summed E-state index contributed by atoms with van der Waals surface area (Å²) in [7, 11) is 1.66. The number of amides is 1. The summed E-state index contributed by atoms with van der Waals surface area (Å²) in [4.78, 5) is 14.8. The van der Waals surface area contributed by atoms with Gasteiger partial charge in [0, 0.05) is 29.1 Å². The fourth-order valence-corrected chi connectivity index (χ4v) is 3.98. The molecule has 2 aromatic carbocycles. The summed E-state index contributed by atoms with van der Waals surface area (Å²) >= 11 is 12.2. The number of rotatable bonds is 7. The predicted octanol–water partition coefficient (Wildman–Crippen LogP) is 4.57. The number of carbonyl (C=O) groups excluding carboxylic acids is 1. The fraction of sp³-hybridized carbons (Fsp3) is 0.409. The zero-order valence-corrected chi connectivity index (χ0v) is 17.6. The SMILES string of the molecule is COc1ccc(CCNC(=O)C2CCN(Cc3ccc(Cl)cc3Cl)CC2)cc1. The number of piperidine rings is 1. The minimum Gasteiger partial charge on any atom is -0.497 e. The second kappa shape index (κ2) is 10.1. The molecule has 150 valence electrons. The van der Waals surface area contributed by atoms with Gasteiger partial charge in [0.25, 0.3) is 0 Å². The van der Waals surface area contributed by atoms with E-state index in [0.29, 0.717) is 16.6 Å². The second-order valence-corrected chi connectivity index (χ2v) is 8.02. The van der Waals surface area contributed by atoms with Crippen LogP contribution in [0, 0.1) is 5.92 Å². The van der Waals surface area contributed by atoms with Crippen LogP contribution >= 0.6 is 23.2 Å². The Balaban J connectivity index is 1.39. The zero-order chi connectivity index (χ0) is 19.9. The molecule has 4 nitrogen and oxygen atoms in total. The van der Waals surface area contributed by atoms with E-state index in [0.717, 1.165) is 50.2 Å². The lowest BCUT2D eigenvalue weighted by Gasteiger charge is -2.31. The van der Waals surface area contributed by atoms with Gasteiger partial charge >= 0.3 is 0 Å². The highest BCUT2D eigenvalue weighted by molar-refractivity contribution is 6.35. The van der Waals surface area contributed by atoms with Crippen molar-refractivity contribution in [3.8, 4) is 5.75 Å². The van der Waals surface area contributed by atoms with Crippen LogP contribution in [0.25, 0.3) is 0 Å². The quantitative estimate of drug-likeness (QED) is 0.712. The predicted molar refractivity (Wildman–Crippen MR) is 114 cm³/mol. The lowest BCUT2D eigenvalue weighted by Crippen LogP contribution is -2.40. The summed E-state index contributed by atoms with van der Waals surface area (Å²) in [6, 6.07) is 13.6. The Morgan fingerprint density at radius 1 is 1.14 bits per heavy atom. The maximum atomic E-state index is 12.5.